The van der Waals surface area contributed by atoms with Crippen LogP contribution in [0.2, 0.25) is 0 Å². The molecular weight excluding hydrogens is 344 g/mol. The molecule has 2 heterocycles. The molecule has 0 aliphatic carbocycles. The fourth-order valence-corrected chi connectivity index (χ4v) is 4.38. The Hall–Kier alpha value is -2.35. The average Bonchev–Trinajstić information content (AvgIpc) is 3.07. The monoisotopic (exact) mass is 364 g/mol. The van der Waals surface area contributed by atoms with Gasteiger partial charge in [0.25, 0.3) is 0 Å². The SMILES string of the molecule is CCc1onc(C)c1CS(=O)(=O)CCCn1c(=O)oc2ccccc21. The van der Waals surface area contributed by atoms with Gasteiger partial charge in [-0.05, 0) is 25.5 Å². The van der Waals surface area contributed by atoms with Crippen molar-refractivity contribution in [3.8, 4) is 0 Å². The van der Waals surface area contributed by atoms with Crippen molar-refractivity contribution in [3.05, 3.63) is 51.8 Å². The minimum absolute atomic E-state index is 0.0211. The topological polar surface area (TPSA) is 95.3 Å². The predicted octanol–water partition coefficient (Wildman–Crippen LogP) is 2.46. The van der Waals surface area contributed by atoms with Crippen molar-refractivity contribution in [1.82, 2.24) is 9.72 Å². The number of nitrogens with zero attached hydrogens (tertiary/aromatic N) is 2. The van der Waals surface area contributed by atoms with E-state index >= 15 is 0 Å². The summed E-state index contributed by atoms with van der Waals surface area (Å²) in [5.74, 6) is 0.0269. The summed E-state index contributed by atoms with van der Waals surface area (Å²) in [6.45, 7) is 3.93. The zero-order valence-electron chi connectivity index (χ0n) is 14.2. The Morgan fingerprint density at radius 1 is 1.24 bits per heavy atom. The van der Waals surface area contributed by atoms with Crippen molar-refractivity contribution in [3.63, 3.8) is 0 Å². The molecule has 0 bridgehead atoms. The highest BCUT2D eigenvalue weighted by Crippen LogP contribution is 2.18. The standard InChI is InChI=1S/C17H20N2O5S/c1-3-15-13(12(2)18-24-15)11-25(21,22)10-6-9-19-14-7-4-5-8-16(14)23-17(19)20/h4-5,7-8H,3,6,9-11H2,1-2H3. The maximum absolute atomic E-state index is 12.4. The van der Waals surface area contributed by atoms with E-state index in [-0.39, 0.29) is 11.5 Å². The fourth-order valence-electron chi connectivity index (χ4n) is 2.86. The number of rotatable bonds is 7. The lowest BCUT2D eigenvalue weighted by Gasteiger charge is -2.05. The second-order valence-electron chi connectivity index (χ2n) is 5.96. The minimum Gasteiger partial charge on any atom is -0.408 e. The molecule has 0 spiro atoms. The van der Waals surface area contributed by atoms with Crippen molar-refractivity contribution in [1.29, 1.82) is 0 Å². The molecule has 0 saturated heterocycles. The van der Waals surface area contributed by atoms with Gasteiger partial charge < -0.3 is 8.94 Å². The van der Waals surface area contributed by atoms with Crippen LogP contribution in [0, 0.1) is 6.92 Å². The van der Waals surface area contributed by atoms with E-state index < -0.39 is 15.6 Å². The smallest absolute Gasteiger partial charge is 0.408 e. The van der Waals surface area contributed by atoms with Crippen LogP contribution in [0.15, 0.2) is 38.0 Å². The van der Waals surface area contributed by atoms with Crippen LogP contribution in [-0.4, -0.2) is 23.9 Å². The first-order valence-corrected chi connectivity index (χ1v) is 9.96. The highest BCUT2D eigenvalue weighted by Gasteiger charge is 2.20. The summed E-state index contributed by atoms with van der Waals surface area (Å²) in [5.41, 5.74) is 2.43. The zero-order valence-corrected chi connectivity index (χ0v) is 15.0. The number of hydrogen-bond donors (Lipinski definition) is 0. The van der Waals surface area contributed by atoms with Crippen LogP contribution in [0.1, 0.15) is 30.4 Å². The summed E-state index contributed by atoms with van der Waals surface area (Å²) < 4.78 is 36.6. The van der Waals surface area contributed by atoms with Gasteiger partial charge in [-0.25, -0.2) is 13.2 Å². The zero-order chi connectivity index (χ0) is 18.0. The molecule has 0 aliphatic heterocycles. The third-order valence-corrected chi connectivity index (χ3v) is 5.80. The van der Waals surface area contributed by atoms with Gasteiger partial charge in [-0.3, -0.25) is 4.57 Å². The van der Waals surface area contributed by atoms with Gasteiger partial charge in [-0.2, -0.15) is 0 Å². The highest BCUT2D eigenvalue weighted by molar-refractivity contribution is 7.90. The molecule has 0 amide bonds. The molecule has 0 radical (unpaired) electrons. The van der Waals surface area contributed by atoms with E-state index in [9.17, 15) is 13.2 Å². The molecule has 0 aliphatic rings. The lowest BCUT2D eigenvalue weighted by Crippen LogP contribution is -2.18. The van der Waals surface area contributed by atoms with E-state index in [1.807, 2.05) is 13.0 Å². The van der Waals surface area contributed by atoms with Crippen LogP contribution in [0.25, 0.3) is 11.1 Å². The Morgan fingerprint density at radius 2 is 2.00 bits per heavy atom. The average molecular weight is 364 g/mol. The third-order valence-electron chi connectivity index (χ3n) is 4.16. The number of aromatic nitrogens is 2. The van der Waals surface area contributed by atoms with Gasteiger partial charge in [0.05, 0.1) is 22.7 Å². The largest absolute Gasteiger partial charge is 0.419 e. The van der Waals surface area contributed by atoms with Crippen LogP contribution in [0.4, 0.5) is 0 Å². The van der Waals surface area contributed by atoms with Gasteiger partial charge in [0.2, 0.25) is 0 Å². The first-order chi connectivity index (χ1) is 11.9. The van der Waals surface area contributed by atoms with Gasteiger partial charge in [-0.1, -0.05) is 24.2 Å². The van der Waals surface area contributed by atoms with Crippen LogP contribution in [0.5, 0.6) is 0 Å². The second kappa shape index (κ2) is 6.87. The van der Waals surface area contributed by atoms with Crippen molar-refractivity contribution in [2.75, 3.05) is 5.75 Å². The summed E-state index contributed by atoms with van der Waals surface area (Å²) in [6, 6.07) is 7.09. The van der Waals surface area contributed by atoms with Crippen molar-refractivity contribution in [2.45, 2.75) is 39.0 Å². The minimum atomic E-state index is -3.32. The molecule has 1 aromatic carbocycles. The predicted molar refractivity (Wildman–Crippen MR) is 93.2 cm³/mol. The molecule has 2 aromatic heterocycles. The summed E-state index contributed by atoms with van der Waals surface area (Å²) >= 11 is 0. The van der Waals surface area contributed by atoms with Crippen molar-refractivity contribution >= 4 is 20.9 Å². The second-order valence-corrected chi connectivity index (χ2v) is 8.14. The van der Waals surface area contributed by atoms with Gasteiger partial charge >= 0.3 is 5.76 Å². The molecular formula is C17H20N2O5S. The lowest BCUT2D eigenvalue weighted by molar-refractivity contribution is 0.382. The van der Waals surface area contributed by atoms with Crippen LogP contribution < -0.4 is 5.76 Å². The van der Waals surface area contributed by atoms with E-state index in [1.54, 1.807) is 25.1 Å². The Balaban J connectivity index is 1.69. The molecule has 7 nitrogen and oxygen atoms in total. The van der Waals surface area contributed by atoms with Crippen molar-refractivity contribution < 1.29 is 17.4 Å². The molecule has 0 unspecified atom stereocenters. The van der Waals surface area contributed by atoms with E-state index in [0.717, 1.165) is 0 Å². The molecule has 134 valence electrons. The molecule has 8 heteroatoms. The van der Waals surface area contributed by atoms with E-state index in [1.165, 1.54) is 4.57 Å². The fraction of sp³-hybridized carbons (Fsp3) is 0.412. The number of fused-ring (bicyclic) bond motifs is 1. The molecule has 25 heavy (non-hydrogen) atoms. The molecule has 3 rings (SSSR count). The Kier molecular flexibility index (Phi) is 4.80. The van der Waals surface area contributed by atoms with E-state index in [4.69, 9.17) is 8.94 Å². The molecule has 0 saturated carbocycles. The lowest BCUT2D eigenvalue weighted by atomic mass is 10.2. The van der Waals surface area contributed by atoms with Gasteiger partial charge in [0, 0.05) is 18.5 Å². The quantitative estimate of drug-likeness (QED) is 0.639. The van der Waals surface area contributed by atoms with Crippen LogP contribution >= 0.6 is 0 Å². The van der Waals surface area contributed by atoms with E-state index in [0.29, 0.717) is 47.5 Å². The van der Waals surface area contributed by atoms with Gasteiger partial charge in [-0.15, -0.1) is 0 Å². The Labute approximate surface area is 145 Å². The van der Waals surface area contributed by atoms with Crippen molar-refractivity contribution in [2.24, 2.45) is 0 Å². The van der Waals surface area contributed by atoms with Gasteiger partial charge in [0.1, 0.15) is 5.76 Å². The molecule has 3 aromatic rings. The van der Waals surface area contributed by atoms with Gasteiger partial charge in [0.15, 0.2) is 15.4 Å². The maximum atomic E-state index is 12.4. The number of benzene rings is 1. The molecule has 0 atom stereocenters. The number of aryl methyl sites for hydroxylation is 3. The molecule has 0 N–H and O–H groups in total. The molecule has 0 fully saturated rings. The number of para-hydroxylation sites is 2. The maximum Gasteiger partial charge on any atom is 0.419 e. The van der Waals surface area contributed by atoms with Crippen LogP contribution in [0.3, 0.4) is 0 Å². The van der Waals surface area contributed by atoms with Crippen LogP contribution in [-0.2, 0) is 28.6 Å². The number of hydrogen-bond acceptors (Lipinski definition) is 6. The van der Waals surface area contributed by atoms with E-state index in [2.05, 4.69) is 5.16 Å². The first kappa shape index (κ1) is 17.5. The highest BCUT2D eigenvalue weighted by atomic mass is 32.2. The number of sulfone groups is 1. The Morgan fingerprint density at radius 3 is 2.76 bits per heavy atom. The first-order valence-electron chi connectivity index (χ1n) is 8.14. The third kappa shape index (κ3) is 3.68. The Bertz CT molecular complexity index is 1040. The summed E-state index contributed by atoms with van der Waals surface area (Å²) in [5, 5.41) is 3.84. The number of oxazole rings is 1. The summed E-state index contributed by atoms with van der Waals surface area (Å²) in [7, 11) is -3.32. The normalized spacial score (nSPS) is 12.1. The summed E-state index contributed by atoms with van der Waals surface area (Å²) in [6.07, 6.45) is 0.930. The summed E-state index contributed by atoms with van der Waals surface area (Å²) in [4.78, 5) is 11.9.